The van der Waals surface area contributed by atoms with E-state index in [0.717, 1.165) is 4.72 Å². The van der Waals surface area contributed by atoms with Crippen molar-refractivity contribution in [3.63, 3.8) is 0 Å². The van der Waals surface area contributed by atoms with Crippen molar-refractivity contribution in [1.82, 2.24) is 14.7 Å². The maximum atomic E-state index is 13.8. The van der Waals surface area contributed by atoms with Gasteiger partial charge in [0.1, 0.15) is 11.5 Å². The molecule has 0 atom stereocenters. The third-order valence-electron chi connectivity index (χ3n) is 4.46. The summed E-state index contributed by atoms with van der Waals surface area (Å²) in [6, 6.07) is -17.7. The van der Waals surface area contributed by atoms with E-state index in [0.29, 0.717) is 0 Å². The summed E-state index contributed by atoms with van der Waals surface area (Å²) in [5.41, 5.74) is -14.2. The van der Waals surface area contributed by atoms with Crippen LogP contribution in [0.3, 0.4) is 0 Å². The fraction of sp³-hybridized carbons (Fsp3) is 0.222. The first kappa shape index (κ1) is 13.3. The Balaban J connectivity index is 2.05. The van der Waals surface area contributed by atoms with Gasteiger partial charge >= 0.3 is 12.4 Å². The summed E-state index contributed by atoms with van der Waals surface area (Å²) < 4.78 is 297. The molecule has 0 saturated heterocycles. The van der Waals surface area contributed by atoms with Gasteiger partial charge in [-0.25, -0.2) is 18.1 Å². The average Bonchev–Trinajstić information content (AvgIpc) is 3.37. The van der Waals surface area contributed by atoms with E-state index in [9.17, 15) is 34.8 Å². The molecule has 15 heteroatoms. The highest BCUT2D eigenvalue weighted by Crippen LogP contribution is 2.38. The van der Waals surface area contributed by atoms with Crippen LogP contribution in [-0.2, 0) is 22.4 Å². The molecule has 2 N–H and O–H groups in total. The number of aromatic amines is 1. The third kappa shape index (κ3) is 7.38. The number of H-pyrrole nitrogens is 1. The molecule has 1 heterocycles. The molecular weight excluding hydrogens is 608 g/mol. The first-order valence-electron chi connectivity index (χ1n) is 21.2. The fourth-order valence-corrected chi connectivity index (χ4v) is 4.02. The molecular formula is C27H23F6N3O4S2. The Morgan fingerprint density at radius 1 is 0.929 bits per heavy atom. The second-order valence-corrected chi connectivity index (χ2v) is 9.59. The number of hydrogen-bond acceptors (Lipinski definition) is 6. The van der Waals surface area contributed by atoms with Crippen molar-refractivity contribution in [2.24, 2.45) is 0 Å². The number of nitrogens with one attached hydrogen (secondary N) is 2. The number of methoxy groups -OCH3 is 2. The Morgan fingerprint density at radius 3 is 1.95 bits per heavy atom. The highest BCUT2D eigenvalue weighted by Gasteiger charge is 2.38. The van der Waals surface area contributed by atoms with Crippen LogP contribution >= 0.6 is 11.8 Å². The Morgan fingerprint density at radius 2 is 1.45 bits per heavy atom. The van der Waals surface area contributed by atoms with Gasteiger partial charge in [0.25, 0.3) is 0 Å². The normalized spacial score (nSPS) is 21.2. The van der Waals surface area contributed by atoms with Crippen molar-refractivity contribution in [2.45, 2.75) is 22.4 Å². The van der Waals surface area contributed by atoms with E-state index >= 15 is 0 Å². The average molecular weight is 676 g/mol. The van der Waals surface area contributed by atoms with Crippen molar-refractivity contribution in [3.05, 3.63) is 77.6 Å². The van der Waals surface area contributed by atoms with E-state index in [1.54, 1.807) is 0 Å². The number of nitrogens with zero attached hydrogens (tertiary/aromatic N) is 1. The minimum absolute atomic E-state index is 0.155. The van der Waals surface area contributed by atoms with Gasteiger partial charge in [0.15, 0.2) is 6.57 Å². The zero-order valence-electron chi connectivity index (χ0n) is 41.6. The molecule has 0 aliphatic rings. The monoisotopic (exact) mass is 675 g/mol. The highest BCUT2D eigenvalue weighted by molar-refractivity contribution is 7.99. The lowest BCUT2D eigenvalue weighted by Gasteiger charge is -2.14. The molecule has 3 aromatic carbocycles. The zero-order chi connectivity index (χ0) is 49.7. The number of benzene rings is 3. The zero-order valence-corrected chi connectivity index (χ0v) is 21.2. The summed E-state index contributed by atoms with van der Waals surface area (Å²) in [6.07, 6.45) is -12.1. The predicted molar refractivity (Wildman–Crippen MR) is 145 cm³/mol. The van der Waals surface area contributed by atoms with Crippen LogP contribution < -0.4 is 14.2 Å². The Labute approximate surface area is 272 Å². The summed E-state index contributed by atoms with van der Waals surface area (Å²) in [7, 11) is -13.2. The van der Waals surface area contributed by atoms with E-state index in [2.05, 4.69) is 14.5 Å². The lowest BCUT2D eigenvalue weighted by Crippen LogP contribution is -2.27. The minimum Gasteiger partial charge on any atom is -0.497 e. The number of halogens is 6. The minimum atomic E-state index is -6.41. The largest absolute Gasteiger partial charge is 0.497 e. The second kappa shape index (κ2) is 12.3. The molecule has 0 fully saturated rings. The summed E-state index contributed by atoms with van der Waals surface area (Å²) >= 11 is -0.691. The maximum absolute atomic E-state index is 13.8. The van der Waals surface area contributed by atoms with Crippen molar-refractivity contribution < 1.29 is 74.4 Å². The molecule has 0 spiro atoms. The number of sulfonamides is 1. The molecule has 0 bridgehead atoms. The van der Waals surface area contributed by atoms with Gasteiger partial charge in [-0.3, -0.25) is 0 Å². The summed E-state index contributed by atoms with van der Waals surface area (Å²) in [4.78, 5) is 1.15. The first-order valence-corrected chi connectivity index (χ1v) is 12.5. The van der Waals surface area contributed by atoms with Crippen molar-refractivity contribution in [3.8, 4) is 34.0 Å². The van der Waals surface area contributed by atoms with Crippen LogP contribution in [-0.4, -0.2) is 44.7 Å². The van der Waals surface area contributed by atoms with Crippen LogP contribution in [0, 0.1) is 0 Å². The first-order chi connectivity index (χ1) is 28.5. The maximum Gasteiger partial charge on any atom is 0.416 e. The lowest BCUT2D eigenvalue weighted by atomic mass is 10.0. The van der Waals surface area contributed by atoms with Gasteiger partial charge in [0, 0.05) is 28.8 Å². The van der Waals surface area contributed by atoms with E-state index in [1.807, 2.05) is 0 Å². The van der Waals surface area contributed by atoms with Crippen LogP contribution in [0.5, 0.6) is 11.5 Å². The summed E-state index contributed by atoms with van der Waals surface area (Å²) in [5.74, 6) is -2.40. The molecule has 0 aliphatic heterocycles. The van der Waals surface area contributed by atoms with Crippen molar-refractivity contribution in [1.29, 1.82) is 0 Å². The van der Waals surface area contributed by atoms with Gasteiger partial charge in [-0.05, 0) is 66.5 Å². The third-order valence-corrected chi connectivity index (χ3v) is 6.14. The van der Waals surface area contributed by atoms with Crippen LogP contribution in [0.25, 0.3) is 22.5 Å². The van der Waals surface area contributed by atoms with Gasteiger partial charge in [0.05, 0.1) is 64.8 Å². The van der Waals surface area contributed by atoms with Gasteiger partial charge in [-0.2, -0.15) is 26.3 Å². The SMILES string of the molecule is [3H]c1c([3H])c(-c2nc(SC([3H])([3H])C([3H])([3H])NS(=O)(=O)c3c([3H])c(C(F)(F)F)c([3H])c(C(F)(F)F)c3[3H])n([3H])c2-c2c([3H])c([3H])c(OC([3H])([3H])[3H])c([3H])c2[3H])c([3H])c([3H])c1OC([3H])([3H])[3H]. The Hall–Kier alpha value is -3.69. The number of rotatable bonds is 10. The molecule has 42 heavy (non-hydrogen) atoms. The number of ether oxygens (including phenoxy) is 2. The molecule has 0 saturated carbocycles. The molecule has 4 rings (SSSR count). The van der Waals surface area contributed by atoms with Crippen LogP contribution in [0.15, 0.2) is 76.5 Å². The summed E-state index contributed by atoms with van der Waals surface area (Å²) in [6.45, 7) is -4.34. The molecule has 0 aliphatic carbocycles. The van der Waals surface area contributed by atoms with Gasteiger partial charge in [-0.1, -0.05) is 11.8 Å². The predicted octanol–water partition coefficient (Wildman–Crippen LogP) is 6.87. The molecule has 0 radical (unpaired) electrons. The molecule has 1 aromatic heterocycles. The van der Waals surface area contributed by atoms with Crippen molar-refractivity contribution in [2.75, 3.05) is 26.3 Å². The molecule has 4 aromatic rings. The van der Waals surface area contributed by atoms with Crippen LogP contribution in [0.4, 0.5) is 26.3 Å². The van der Waals surface area contributed by atoms with Gasteiger partial charge in [0.2, 0.25) is 10.0 Å². The fourth-order valence-electron chi connectivity index (χ4n) is 2.73. The molecule has 0 unspecified atom stereocenters. The molecule has 0 amide bonds. The Kier molecular flexibility index (Phi) is 3.89. The van der Waals surface area contributed by atoms with E-state index in [4.69, 9.17) is 30.2 Å². The number of hydrogen-bond donors (Lipinski definition) is 2. The number of alkyl halides is 6. The van der Waals surface area contributed by atoms with Crippen molar-refractivity contribution >= 4 is 21.8 Å². The molecule has 7 nitrogen and oxygen atoms in total. The van der Waals surface area contributed by atoms with Crippen LogP contribution in [0.2, 0.25) is 1.41 Å². The summed E-state index contributed by atoms with van der Waals surface area (Å²) in [5, 5.41) is -1.31. The topological polar surface area (TPSA) is 93.3 Å². The number of imidazole rings is 1. The van der Waals surface area contributed by atoms with Gasteiger partial charge < -0.3 is 14.5 Å². The highest BCUT2D eigenvalue weighted by atomic mass is 32.2. The van der Waals surface area contributed by atoms with Crippen LogP contribution in [0.1, 0.15) is 39.9 Å². The quantitative estimate of drug-likeness (QED) is 0.141. The van der Waals surface area contributed by atoms with Gasteiger partial charge in [-0.15, -0.1) is 0 Å². The van der Waals surface area contributed by atoms with E-state index in [-0.39, 0.29) is 4.98 Å². The lowest BCUT2D eigenvalue weighted by molar-refractivity contribution is -0.143. The standard InChI is InChI=1S/C27H23F6N3O4S2/c1-39-20-7-3-16(4-8-20)23-24(17-5-9-21(40-2)10-6-17)36-25(35-23)41-12-11-34-42(37,38)22-14-18(26(28,29)30)13-19(15-22)27(31,32)33/h3-10,13-15,34H,11-12H2,1-2H3,(H,35,36)/i1T3,2T3,3T,4T,5T,6T,7T,8T,9T,10T,11T2,12T2,13T,14T,15T/hT. The van der Waals surface area contributed by atoms with E-state index in [1.165, 1.54) is 0 Å². The van der Waals surface area contributed by atoms with E-state index < -0.39 is 182 Å². The number of thioether (sulfide) groups is 1. The second-order valence-electron chi connectivity index (χ2n) is 7.20. The number of aromatic nitrogens is 2. The Bertz CT molecular complexity index is 2590. The molecule has 224 valence electrons. The smallest absolute Gasteiger partial charge is 0.416 e.